The Hall–Kier alpha value is -4.74. The van der Waals surface area contributed by atoms with E-state index in [4.69, 9.17) is 9.47 Å². The Morgan fingerprint density at radius 3 is 1.50 bits per heavy atom. The summed E-state index contributed by atoms with van der Waals surface area (Å²) in [6, 6.07) is 10.5. The van der Waals surface area contributed by atoms with Crippen LogP contribution in [-0.4, -0.2) is 45.4 Å². The number of carbonyl (C=O) groups excluding carboxylic acids is 2. The number of methoxy groups -OCH3 is 2. The molecule has 0 aliphatic heterocycles. The number of hydrogen-bond acceptors (Lipinski definition) is 8. The summed E-state index contributed by atoms with van der Waals surface area (Å²) in [5.41, 5.74) is 1.79. The van der Waals surface area contributed by atoms with E-state index in [-0.39, 0.29) is 36.0 Å². The number of unbranched alkanes of at least 4 members (excludes halogenated alkanes) is 1. The van der Waals surface area contributed by atoms with Gasteiger partial charge in [0.1, 0.15) is 11.5 Å². The average molecular weight is 521 g/mol. The van der Waals surface area contributed by atoms with Crippen molar-refractivity contribution in [3.05, 3.63) is 36.4 Å². The van der Waals surface area contributed by atoms with Gasteiger partial charge in [0, 0.05) is 37.7 Å². The van der Waals surface area contributed by atoms with E-state index in [0.29, 0.717) is 46.1 Å². The van der Waals surface area contributed by atoms with E-state index in [1.807, 2.05) is 0 Å². The molecule has 2 aromatic heterocycles. The lowest BCUT2D eigenvalue weighted by Gasteiger charge is -2.00. The maximum atomic E-state index is 12.2. The van der Waals surface area contributed by atoms with Gasteiger partial charge in [0.05, 0.1) is 25.3 Å². The first-order valence-electron chi connectivity index (χ1n) is 11.8. The van der Waals surface area contributed by atoms with Crippen LogP contribution in [0.3, 0.4) is 0 Å². The summed E-state index contributed by atoms with van der Waals surface area (Å²) in [5.74, 6) is -0.0139. The van der Waals surface area contributed by atoms with Crippen LogP contribution in [0.25, 0.3) is 21.8 Å². The Balaban J connectivity index is 1.32. The van der Waals surface area contributed by atoms with Crippen LogP contribution in [0, 0.1) is 0 Å². The molecule has 0 radical (unpaired) electrons. The van der Waals surface area contributed by atoms with E-state index < -0.39 is 11.8 Å². The fourth-order valence-electron chi connectivity index (χ4n) is 4.10. The topological polar surface area (TPSA) is 152 Å². The number of rotatable bonds is 9. The summed E-state index contributed by atoms with van der Waals surface area (Å²) in [5, 5.41) is 37.4. The second-order valence-corrected chi connectivity index (χ2v) is 8.62. The zero-order chi connectivity index (χ0) is 27.4. The number of hydrogen-bond donors (Lipinski definition) is 2. The smallest absolute Gasteiger partial charge is 0.264 e. The van der Waals surface area contributed by atoms with Crippen LogP contribution in [-0.2, 0) is 23.7 Å². The molecule has 0 saturated heterocycles. The van der Waals surface area contributed by atoms with Crippen molar-refractivity contribution in [1.82, 2.24) is 9.13 Å². The zero-order valence-corrected chi connectivity index (χ0v) is 21.5. The highest BCUT2D eigenvalue weighted by Crippen LogP contribution is 2.40. The van der Waals surface area contributed by atoms with Crippen molar-refractivity contribution >= 4 is 45.0 Å². The van der Waals surface area contributed by atoms with Crippen molar-refractivity contribution in [2.24, 2.45) is 34.6 Å². The number of amides is 2. The molecule has 0 saturated carbocycles. The van der Waals surface area contributed by atoms with Crippen LogP contribution in [0.2, 0.25) is 0 Å². The predicted octanol–water partition coefficient (Wildman–Crippen LogP) is 5.58. The van der Waals surface area contributed by atoms with Crippen LogP contribution >= 0.6 is 0 Å². The SMILES string of the molecule is COc1ccc2c(c1)c(N=NC(=O)CCCCC(=O)N=Nc1c(O)n(C)c3ccc(OC)cc13)c(O)n2C. The van der Waals surface area contributed by atoms with E-state index in [1.54, 1.807) is 59.6 Å². The summed E-state index contributed by atoms with van der Waals surface area (Å²) in [7, 11) is 6.42. The van der Waals surface area contributed by atoms with Crippen molar-refractivity contribution < 1.29 is 29.3 Å². The maximum absolute atomic E-state index is 12.2. The summed E-state index contributed by atoms with van der Waals surface area (Å²) in [4.78, 5) is 24.4. The Morgan fingerprint density at radius 2 is 1.13 bits per heavy atom. The van der Waals surface area contributed by atoms with Gasteiger partial charge in [-0.1, -0.05) is 0 Å². The number of benzene rings is 2. The minimum absolute atomic E-state index is 0.0761. The molecule has 4 rings (SSSR count). The van der Waals surface area contributed by atoms with Gasteiger partial charge in [0.25, 0.3) is 11.8 Å². The van der Waals surface area contributed by atoms with Crippen molar-refractivity contribution in [3.63, 3.8) is 0 Å². The third-order valence-electron chi connectivity index (χ3n) is 6.25. The minimum atomic E-state index is -0.479. The predicted molar refractivity (Wildman–Crippen MR) is 140 cm³/mol. The molecule has 0 fully saturated rings. The van der Waals surface area contributed by atoms with E-state index >= 15 is 0 Å². The lowest BCUT2D eigenvalue weighted by atomic mass is 10.2. The zero-order valence-electron chi connectivity index (χ0n) is 21.5. The normalized spacial score (nSPS) is 11.8. The molecule has 12 nitrogen and oxygen atoms in total. The Bertz CT molecular complexity index is 1460. The third-order valence-corrected chi connectivity index (χ3v) is 6.25. The fourth-order valence-corrected chi connectivity index (χ4v) is 4.10. The van der Waals surface area contributed by atoms with Crippen LogP contribution < -0.4 is 9.47 Å². The lowest BCUT2D eigenvalue weighted by molar-refractivity contribution is -0.120. The molecule has 0 atom stereocenters. The number of ether oxygens (including phenoxy) is 2. The number of aromatic hydroxyl groups is 2. The standard InChI is InChI=1S/C26H28N6O6/c1-31-19-11-9-15(37-3)13-17(19)23(25(31)35)29-27-21(33)7-5-6-8-22(34)28-30-24-18-14-16(38-4)10-12-20(18)32(2)26(24)36/h9-14,35-36H,5-8H2,1-4H3. The van der Waals surface area contributed by atoms with Crippen LogP contribution in [0.1, 0.15) is 25.7 Å². The van der Waals surface area contributed by atoms with Crippen molar-refractivity contribution in [3.8, 4) is 23.3 Å². The largest absolute Gasteiger partial charge is 0.497 e. The summed E-state index contributed by atoms with van der Waals surface area (Å²) in [6.07, 6.45) is 0.940. The Kier molecular flexibility index (Phi) is 7.70. The number of fused-ring (bicyclic) bond motifs is 2. The quantitative estimate of drug-likeness (QED) is 0.217. The van der Waals surface area contributed by atoms with E-state index in [9.17, 15) is 19.8 Å². The Labute approximate surface area is 217 Å². The van der Waals surface area contributed by atoms with Crippen LogP contribution in [0.4, 0.5) is 11.4 Å². The van der Waals surface area contributed by atoms with Gasteiger partial charge in [0.2, 0.25) is 11.8 Å². The van der Waals surface area contributed by atoms with E-state index in [0.717, 1.165) is 0 Å². The molecule has 2 heterocycles. The van der Waals surface area contributed by atoms with Gasteiger partial charge in [-0.15, -0.1) is 20.5 Å². The van der Waals surface area contributed by atoms with Gasteiger partial charge >= 0.3 is 0 Å². The molecule has 198 valence electrons. The van der Waals surface area contributed by atoms with Crippen molar-refractivity contribution in [1.29, 1.82) is 0 Å². The molecule has 0 aliphatic rings. The molecular weight excluding hydrogens is 492 g/mol. The number of carbonyl (C=O) groups is 2. The molecule has 0 bridgehead atoms. The third kappa shape index (κ3) is 5.19. The monoisotopic (exact) mass is 520 g/mol. The second-order valence-electron chi connectivity index (χ2n) is 8.62. The van der Waals surface area contributed by atoms with Gasteiger partial charge in [0.15, 0.2) is 11.4 Å². The fraction of sp³-hybridized carbons (Fsp3) is 0.308. The van der Waals surface area contributed by atoms with E-state index in [2.05, 4.69) is 20.5 Å². The first-order chi connectivity index (χ1) is 18.2. The first-order valence-corrected chi connectivity index (χ1v) is 11.8. The summed E-state index contributed by atoms with van der Waals surface area (Å²) in [6.45, 7) is 0. The molecule has 12 heteroatoms. The average Bonchev–Trinajstić information content (AvgIpc) is 3.31. The van der Waals surface area contributed by atoms with Crippen LogP contribution in [0.5, 0.6) is 23.3 Å². The van der Waals surface area contributed by atoms with Gasteiger partial charge in [-0.2, -0.15) is 0 Å². The van der Waals surface area contributed by atoms with Gasteiger partial charge in [-0.25, -0.2) is 0 Å². The lowest BCUT2D eigenvalue weighted by Crippen LogP contribution is -1.95. The summed E-state index contributed by atoms with van der Waals surface area (Å²) >= 11 is 0. The van der Waals surface area contributed by atoms with Crippen molar-refractivity contribution in [2.45, 2.75) is 25.7 Å². The van der Waals surface area contributed by atoms with Crippen molar-refractivity contribution in [2.75, 3.05) is 14.2 Å². The highest BCUT2D eigenvalue weighted by atomic mass is 16.5. The second kappa shape index (κ2) is 11.1. The molecule has 2 aromatic carbocycles. The molecular formula is C26H28N6O6. The maximum Gasteiger partial charge on any atom is 0.264 e. The molecule has 38 heavy (non-hydrogen) atoms. The number of aryl methyl sites for hydroxylation is 2. The molecule has 2 N–H and O–H groups in total. The molecule has 0 aliphatic carbocycles. The van der Waals surface area contributed by atoms with E-state index in [1.165, 1.54) is 14.2 Å². The molecule has 0 unspecified atom stereocenters. The number of nitrogens with zero attached hydrogens (tertiary/aromatic N) is 6. The number of azo groups is 2. The summed E-state index contributed by atoms with van der Waals surface area (Å²) < 4.78 is 13.5. The first kappa shape index (κ1) is 26.3. The van der Waals surface area contributed by atoms with Gasteiger partial charge < -0.3 is 28.8 Å². The molecule has 2 amide bonds. The Morgan fingerprint density at radius 1 is 0.737 bits per heavy atom. The minimum Gasteiger partial charge on any atom is -0.497 e. The molecule has 4 aromatic rings. The van der Waals surface area contributed by atoms with Gasteiger partial charge in [-0.05, 0) is 49.2 Å². The molecule has 0 spiro atoms. The van der Waals surface area contributed by atoms with Crippen LogP contribution in [0.15, 0.2) is 56.9 Å². The van der Waals surface area contributed by atoms with Gasteiger partial charge in [-0.3, -0.25) is 9.59 Å². The highest BCUT2D eigenvalue weighted by Gasteiger charge is 2.17. The highest BCUT2D eigenvalue weighted by molar-refractivity contribution is 5.97. The number of aromatic nitrogens is 2.